The van der Waals surface area contributed by atoms with Crippen molar-refractivity contribution in [1.82, 2.24) is 25.0 Å². The molecule has 1 aliphatic heterocycles. The molecule has 1 aromatic heterocycles. The monoisotopic (exact) mass is 410 g/mol. The molecule has 162 valence electrons. The third kappa shape index (κ3) is 5.48. The van der Waals surface area contributed by atoms with Gasteiger partial charge in [0, 0.05) is 58.3 Å². The Morgan fingerprint density at radius 2 is 1.87 bits per heavy atom. The van der Waals surface area contributed by atoms with Crippen molar-refractivity contribution in [3.63, 3.8) is 0 Å². The standard InChI is InChI=1S/C23H34N6O/c1-17(2)23(30)24-18(3)22-26-25-21-12-14-28(15-16-29(21)22)13-6-7-19-8-10-20(11-9-19)27(4)5/h6-11,17-18H,12-16H2,1-5H3,(H,24,30)/b7-6+. The van der Waals surface area contributed by atoms with Gasteiger partial charge in [0.1, 0.15) is 5.82 Å². The van der Waals surface area contributed by atoms with Crippen LogP contribution >= 0.6 is 0 Å². The Bertz CT molecular complexity index is 868. The number of nitrogens with zero attached hydrogens (tertiary/aromatic N) is 5. The smallest absolute Gasteiger partial charge is 0.223 e. The minimum Gasteiger partial charge on any atom is -0.378 e. The van der Waals surface area contributed by atoms with Crippen LogP contribution in [-0.4, -0.2) is 59.3 Å². The van der Waals surface area contributed by atoms with E-state index in [0.717, 1.165) is 44.2 Å². The molecule has 0 saturated carbocycles. The third-order valence-corrected chi connectivity index (χ3v) is 5.50. The predicted molar refractivity (Wildman–Crippen MR) is 121 cm³/mol. The van der Waals surface area contributed by atoms with Gasteiger partial charge in [-0.3, -0.25) is 9.69 Å². The Kier molecular flexibility index (Phi) is 7.26. The summed E-state index contributed by atoms with van der Waals surface area (Å²) in [4.78, 5) is 16.6. The van der Waals surface area contributed by atoms with Gasteiger partial charge in [-0.05, 0) is 24.6 Å². The van der Waals surface area contributed by atoms with E-state index in [1.165, 1.54) is 11.3 Å². The molecular weight excluding hydrogens is 376 g/mol. The predicted octanol–water partition coefficient (Wildman–Crippen LogP) is 2.75. The summed E-state index contributed by atoms with van der Waals surface area (Å²) in [7, 11) is 4.10. The largest absolute Gasteiger partial charge is 0.378 e. The second-order valence-corrected chi connectivity index (χ2v) is 8.45. The van der Waals surface area contributed by atoms with E-state index >= 15 is 0 Å². The van der Waals surface area contributed by atoms with Gasteiger partial charge in [-0.1, -0.05) is 38.1 Å². The molecule has 0 spiro atoms. The number of anilines is 1. The maximum atomic E-state index is 12.0. The summed E-state index contributed by atoms with van der Waals surface area (Å²) in [6, 6.07) is 8.43. The highest BCUT2D eigenvalue weighted by Crippen LogP contribution is 2.17. The Morgan fingerprint density at radius 3 is 2.53 bits per heavy atom. The van der Waals surface area contributed by atoms with Crippen LogP contribution in [0.2, 0.25) is 0 Å². The van der Waals surface area contributed by atoms with Crippen molar-refractivity contribution < 1.29 is 4.79 Å². The topological polar surface area (TPSA) is 66.3 Å². The number of amides is 1. The van der Waals surface area contributed by atoms with Gasteiger partial charge in [0.05, 0.1) is 6.04 Å². The number of nitrogens with one attached hydrogen (secondary N) is 1. The zero-order valence-electron chi connectivity index (χ0n) is 18.8. The summed E-state index contributed by atoms with van der Waals surface area (Å²) in [5.74, 6) is 1.85. The molecule has 1 aromatic carbocycles. The lowest BCUT2D eigenvalue weighted by atomic mass is 10.2. The van der Waals surface area contributed by atoms with Crippen LogP contribution in [0.1, 0.15) is 44.0 Å². The summed E-state index contributed by atoms with van der Waals surface area (Å²) in [6.45, 7) is 9.41. The summed E-state index contributed by atoms with van der Waals surface area (Å²) in [6.07, 6.45) is 5.27. The minimum atomic E-state index is -0.141. The van der Waals surface area contributed by atoms with Crippen LogP contribution in [-0.2, 0) is 17.8 Å². The molecular formula is C23H34N6O. The maximum Gasteiger partial charge on any atom is 0.223 e. The van der Waals surface area contributed by atoms with Gasteiger partial charge < -0.3 is 14.8 Å². The van der Waals surface area contributed by atoms with Gasteiger partial charge in [-0.2, -0.15) is 0 Å². The molecule has 2 heterocycles. The van der Waals surface area contributed by atoms with Crippen LogP contribution in [0, 0.1) is 5.92 Å². The minimum absolute atomic E-state index is 0.0406. The van der Waals surface area contributed by atoms with Gasteiger partial charge in [0.2, 0.25) is 5.91 Å². The fourth-order valence-electron chi connectivity index (χ4n) is 3.56. The Labute approximate surface area is 179 Å². The average Bonchev–Trinajstić information content (AvgIpc) is 3.02. The molecule has 0 aliphatic carbocycles. The highest BCUT2D eigenvalue weighted by atomic mass is 16.1. The molecule has 30 heavy (non-hydrogen) atoms. The first-order chi connectivity index (χ1) is 14.3. The number of aromatic nitrogens is 3. The van der Waals surface area contributed by atoms with Crippen LogP contribution in [0.5, 0.6) is 0 Å². The highest BCUT2D eigenvalue weighted by Gasteiger charge is 2.22. The van der Waals surface area contributed by atoms with Crippen molar-refractivity contribution in [2.45, 2.75) is 39.8 Å². The molecule has 1 atom stereocenters. The number of rotatable bonds is 7. The first-order valence-corrected chi connectivity index (χ1v) is 10.7. The summed E-state index contributed by atoms with van der Waals surface area (Å²) in [5.41, 5.74) is 2.42. The molecule has 0 bridgehead atoms. The number of carbonyl (C=O) groups excluding carboxylic acids is 1. The average molecular weight is 411 g/mol. The van der Waals surface area contributed by atoms with Crippen LogP contribution in [0.4, 0.5) is 5.69 Å². The number of hydrogen-bond acceptors (Lipinski definition) is 5. The van der Waals surface area contributed by atoms with E-state index in [4.69, 9.17) is 0 Å². The van der Waals surface area contributed by atoms with Gasteiger partial charge in [0.15, 0.2) is 5.82 Å². The molecule has 7 nitrogen and oxygen atoms in total. The molecule has 0 radical (unpaired) electrons. The van der Waals surface area contributed by atoms with Crippen molar-refractivity contribution in [2.75, 3.05) is 38.6 Å². The van der Waals surface area contributed by atoms with Gasteiger partial charge >= 0.3 is 0 Å². The van der Waals surface area contributed by atoms with Gasteiger partial charge in [0.25, 0.3) is 0 Å². The van der Waals surface area contributed by atoms with Crippen LogP contribution in [0.3, 0.4) is 0 Å². The van der Waals surface area contributed by atoms with Crippen molar-refractivity contribution in [1.29, 1.82) is 0 Å². The summed E-state index contributed by atoms with van der Waals surface area (Å²) in [5, 5.41) is 11.8. The molecule has 1 unspecified atom stereocenters. The number of hydrogen-bond donors (Lipinski definition) is 1. The number of fused-ring (bicyclic) bond motifs is 1. The van der Waals surface area contributed by atoms with Crippen molar-refractivity contribution in [2.24, 2.45) is 5.92 Å². The summed E-state index contributed by atoms with van der Waals surface area (Å²) >= 11 is 0. The third-order valence-electron chi connectivity index (χ3n) is 5.50. The normalized spacial score (nSPS) is 15.8. The zero-order valence-corrected chi connectivity index (χ0v) is 18.8. The number of carbonyl (C=O) groups is 1. The first kappa shape index (κ1) is 22.0. The zero-order chi connectivity index (χ0) is 21.7. The second-order valence-electron chi connectivity index (χ2n) is 8.45. The van der Waals surface area contributed by atoms with Crippen molar-refractivity contribution in [3.8, 4) is 0 Å². The molecule has 1 aliphatic rings. The Hall–Kier alpha value is -2.67. The second kappa shape index (κ2) is 9.89. The van der Waals surface area contributed by atoms with Crippen molar-refractivity contribution >= 4 is 17.7 Å². The molecule has 1 N–H and O–H groups in total. The lowest BCUT2D eigenvalue weighted by Crippen LogP contribution is -2.32. The molecule has 0 saturated heterocycles. The maximum absolute atomic E-state index is 12.0. The molecule has 2 aromatic rings. The van der Waals surface area contributed by atoms with E-state index in [0.29, 0.717) is 0 Å². The number of benzene rings is 1. The first-order valence-electron chi connectivity index (χ1n) is 10.7. The lowest BCUT2D eigenvalue weighted by Gasteiger charge is -2.19. The van der Waals surface area contributed by atoms with Gasteiger partial charge in [-0.15, -0.1) is 10.2 Å². The fraction of sp³-hybridized carbons (Fsp3) is 0.522. The Morgan fingerprint density at radius 1 is 1.13 bits per heavy atom. The quantitative estimate of drug-likeness (QED) is 0.760. The van der Waals surface area contributed by atoms with Crippen molar-refractivity contribution in [3.05, 3.63) is 47.6 Å². The van der Waals surface area contributed by atoms with Crippen LogP contribution in [0.15, 0.2) is 30.3 Å². The van der Waals surface area contributed by atoms with Crippen LogP contribution in [0.25, 0.3) is 6.08 Å². The van der Waals surface area contributed by atoms with E-state index in [1.54, 1.807) is 0 Å². The van der Waals surface area contributed by atoms with E-state index in [-0.39, 0.29) is 17.9 Å². The Balaban J connectivity index is 1.56. The molecule has 1 amide bonds. The molecule has 7 heteroatoms. The highest BCUT2D eigenvalue weighted by molar-refractivity contribution is 5.78. The molecule has 0 fully saturated rings. The lowest BCUT2D eigenvalue weighted by molar-refractivity contribution is -0.124. The van der Waals surface area contributed by atoms with Crippen LogP contribution < -0.4 is 10.2 Å². The SMILES string of the molecule is CC(C)C(=O)NC(C)c1nnc2n1CCN(C/C=C/c1ccc(N(C)C)cc1)CC2. The van der Waals surface area contributed by atoms with Gasteiger partial charge in [-0.25, -0.2) is 0 Å². The van der Waals surface area contributed by atoms with E-state index in [1.807, 2.05) is 20.8 Å². The van der Waals surface area contributed by atoms with E-state index < -0.39 is 0 Å². The molecule has 3 rings (SSSR count). The summed E-state index contributed by atoms with van der Waals surface area (Å²) < 4.78 is 2.18. The van der Waals surface area contributed by atoms with E-state index in [9.17, 15) is 4.79 Å². The fourth-order valence-corrected chi connectivity index (χ4v) is 3.56. The van der Waals surface area contributed by atoms with E-state index in [2.05, 4.69) is 80.4 Å².